The van der Waals surface area contributed by atoms with Gasteiger partial charge in [-0.25, -0.2) is 0 Å². The third-order valence-electron chi connectivity index (χ3n) is 3.68. The molecule has 1 saturated carbocycles. The second-order valence-electron chi connectivity index (χ2n) is 6.75. The summed E-state index contributed by atoms with van der Waals surface area (Å²) in [5.41, 5.74) is 0.137. The summed E-state index contributed by atoms with van der Waals surface area (Å²) in [7, 11) is 1.47. The van der Waals surface area contributed by atoms with Gasteiger partial charge in [-0.2, -0.15) is 0 Å². The van der Waals surface area contributed by atoms with Gasteiger partial charge in [0.15, 0.2) is 0 Å². The molecule has 0 aliphatic heterocycles. The fourth-order valence-electron chi connectivity index (χ4n) is 2.69. The SMILES string of the molecule is COC(=O)[C@H](CC(C)(C)C)NCC1CCCCC1. The Morgan fingerprint density at radius 2 is 1.89 bits per heavy atom. The van der Waals surface area contributed by atoms with Crippen molar-refractivity contribution >= 4 is 5.97 Å². The highest BCUT2D eigenvalue weighted by Crippen LogP contribution is 2.24. The maximum absolute atomic E-state index is 11.8. The van der Waals surface area contributed by atoms with Crippen LogP contribution in [0, 0.1) is 11.3 Å². The van der Waals surface area contributed by atoms with E-state index in [2.05, 4.69) is 26.1 Å². The first-order valence-electron chi connectivity index (χ1n) is 7.23. The molecule has 0 aromatic carbocycles. The van der Waals surface area contributed by atoms with Gasteiger partial charge in [0.25, 0.3) is 0 Å². The number of nitrogens with one attached hydrogen (secondary N) is 1. The second-order valence-corrected chi connectivity index (χ2v) is 6.75. The summed E-state index contributed by atoms with van der Waals surface area (Å²) in [6, 6.07) is -0.156. The number of carbonyl (C=O) groups is 1. The molecule has 1 aliphatic rings. The summed E-state index contributed by atoms with van der Waals surface area (Å²) >= 11 is 0. The highest BCUT2D eigenvalue weighted by atomic mass is 16.5. The van der Waals surface area contributed by atoms with E-state index in [4.69, 9.17) is 4.74 Å². The van der Waals surface area contributed by atoms with Gasteiger partial charge in [0.05, 0.1) is 7.11 Å². The quantitative estimate of drug-likeness (QED) is 0.767. The summed E-state index contributed by atoms with van der Waals surface area (Å²) < 4.78 is 4.90. The van der Waals surface area contributed by atoms with E-state index >= 15 is 0 Å². The molecule has 1 atom stereocenters. The van der Waals surface area contributed by atoms with Gasteiger partial charge in [0, 0.05) is 0 Å². The number of hydrogen-bond acceptors (Lipinski definition) is 3. The van der Waals surface area contributed by atoms with Crippen molar-refractivity contribution in [2.45, 2.75) is 65.3 Å². The lowest BCUT2D eigenvalue weighted by Crippen LogP contribution is -2.42. The van der Waals surface area contributed by atoms with Crippen molar-refractivity contribution in [3.05, 3.63) is 0 Å². The molecule has 18 heavy (non-hydrogen) atoms. The Hall–Kier alpha value is -0.570. The number of rotatable bonds is 5. The minimum atomic E-state index is -0.156. The van der Waals surface area contributed by atoms with Crippen molar-refractivity contribution in [1.82, 2.24) is 5.32 Å². The van der Waals surface area contributed by atoms with Crippen molar-refractivity contribution < 1.29 is 9.53 Å². The summed E-state index contributed by atoms with van der Waals surface area (Å²) in [5.74, 6) is 0.617. The van der Waals surface area contributed by atoms with Crippen LogP contribution < -0.4 is 5.32 Å². The Bertz CT molecular complexity index is 252. The first-order chi connectivity index (χ1) is 8.42. The van der Waals surface area contributed by atoms with Crippen LogP contribution in [0.2, 0.25) is 0 Å². The van der Waals surface area contributed by atoms with E-state index in [-0.39, 0.29) is 17.4 Å². The molecular weight excluding hydrogens is 226 g/mol. The number of carbonyl (C=O) groups excluding carboxylic acids is 1. The summed E-state index contributed by atoms with van der Waals surface area (Å²) in [5, 5.41) is 3.42. The van der Waals surface area contributed by atoms with E-state index in [0.717, 1.165) is 18.9 Å². The zero-order chi connectivity index (χ0) is 13.6. The van der Waals surface area contributed by atoms with E-state index in [1.807, 2.05) is 0 Å². The van der Waals surface area contributed by atoms with Gasteiger partial charge in [0.1, 0.15) is 6.04 Å². The molecule has 1 N–H and O–H groups in total. The minimum Gasteiger partial charge on any atom is -0.468 e. The monoisotopic (exact) mass is 255 g/mol. The Labute approximate surface area is 112 Å². The van der Waals surface area contributed by atoms with Crippen molar-refractivity contribution in [1.29, 1.82) is 0 Å². The topological polar surface area (TPSA) is 38.3 Å². The number of ether oxygens (including phenoxy) is 1. The van der Waals surface area contributed by atoms with Crippen molar-refractivity contribution in [3.63, 3.8) is 0 Å². The average molecular weight is 255 g/mol. The smallest absolute Gasteiger partial charge is 0.322 e. The Morgan fingerprint density at radius 1 is 1.28 bits per heavy atom. The lowest BCUT2D eigenvalue weighted by atomic mass is 9.86. The predicted molar refractivity (Wildman–Crippen MR) is 74.5 cm³/mol. The molecule has 3 nitrogen and oxygen atoms in total. The largest absolute Gasteiger partial charge is 0.468 e. The highest BCUT2D eigenvalue weighted by Gasteiger charge is 2.26. The molecule has 0 saturated heterocycles. The molecule has 1 rings (SSSR count). The lowest BCUT2D eigenvalue weighted by molar-refractivity contribution is -0.144. The Kier molecular flexibility index (Phi) is 6.13. The van der Waals surface area contributed by atoms with Crippen molar-refractivity contribution in [2.24, 2.45) is 11.3 Å². The standard InChI is InChI=1S/C15H29NO2/c1-15(2,3)10-13(14(17)18-4)16-11-12-8-6-5-7-9-12/h12-13,16H,5-11H2,1-4H3/t13-/m0/s1. The molecule has 0 radical (unpaired) electrons. The van der Waals surface area contributed by atoms with Crippen LogP contribution in [0.25, 0.3) is 0 Å². The molecule has 0 heterocycles. The molecule has 0 amide bonds. The van der Waals surface area contributed by atoms with Gasteiger partial charge < -0.3 is 10.1 Å². The maximum atomic E-state index is 11.8. The normalized spacial score (nSPS) is 19.6. The van der Waals surface area contributed by atoms with Crippen LogP contribution in [0.5, 0.6) is 0 Å². The second kappa shape index (κ2) is 7.13. The van der Waals surface area contributed by atoms with Gasteiger partial charge in [-0.05, 0) is 37.1 Å². The van der Waals surface area contributed by atoms with Crippen LogP contribution in [0.1, 0.15) is 59.3 Å². The van der Waals surface area contributed by atoms with E-state index in [1.165, 1.54) is 39.2 Å². The lowest BCUT2D eigenvalue weighted by Gasteiger charge is -2.28. The molecule has 1 fully saturated rings. The molecule has 3 heteroatoms. The van der Waals surface area contributed by atoms with Gasteiger partial charge in [0.2, 0.25) is 0 Å². The average Bonchev–Trinajstić information content (AvgIpc) is 2.33. The summed E-state index contributed by atoms with van der Waals surface area (Å²) in [6.45, 7) is 7.43. The van der Waals surface area contributed by atoms with Gasteiger partial charge in [-0.15, -0.1) is 0 Å². The van der Waals surface area contributed by atoms with Crippen LogP contribution in [0.3, 0.4) is 0 Å². The number of methoxy groups -OCH3 is 1. The molecule has 0 aromatic rings. The van der Waals surface area contributed by atoms with Crippen LogP contribution in [0.4, 0.5) is 0 Å². The van der Waals surface area contributed by atoms with Gasteiger partial charge in [-0.3, -0.25) is 4.79 Å². The number of esters is 1. The summed E-state index contributed by atoms with van der Waals surface area (Å²) in [6.07, 6.45) is 7.49. The third kappa shape index (κ3) is 5.85. The molecule has 0 aromatic heterocycles. The molecule has 0 unspecified atom stereocenters. The van der Waals surface area contributed by atoms with Crippen LogP contribution >= 0.6 is 0 Å². The van der Waals surface area contributed by atoms with E-state index < -0.39 is 0 Å². The third-order valence-corrected chi connectivity index (χ3v) is 3.68. The zero-order valence-corrected chi connectivity index (χ0v) is 12.4. The summed E-state index contributed by atoms with van der Waals surface area (Å²) in [4.78, 5) is 11.8. The van der Waals surface area contributed by atoms with Crippen LogP contribution in [0.15, 0.2) is 0 Å². The molecule has 0 bridgehead atoms. The Balaban J connectivity index is 2.42. The minimum absolute atomic E-state index is 0.124. The highest BCUT2D eigenvalue weighted by molar-refractivity contribution is 5.75. The first-order valence-corrected chi connectivity index (χ1v) is 7.23. The zero-order valence-electron chi connectivity index (χ0n) is 12.4. The fourth-order valence-corrected chi connectivity index (χ4v) is 2.69. The molecule has 1 aliphatic carbocycles. The molecule has 0 spiro atoms. The van der Waals surface area contributed by atoms with Crippen molar-refractivity contribution in [3.8, 4) is 0 Å². The van der Waals surface area contributed by atoms with Crippen LogP contribution in [-0.4, -0.2) is 25.7 Å². The van der Waals surface area contributed by atoms with Crippen molar-refractivity contribution in [2.75, 3.05) is 13.7 Å². The van der Waals surface area contributed by atoms with Gasteiger partial charge >= 0.3 is 5.97 Å². The van der Waals surface area contributed by atoms with E-state index in [1.54, 1.807) is 0 Å². The Morgan fingerprint density at radius 3 is 2.39 bits per heavy atom. The van der Waals surface area contributed by atoms with E-state index in [0.29, 0.717) is 0 Å². The van der Waals surface area contributed by atoms with E-state index in [9.17, 15) is 4.79 Å². The maximum Gasteiger partial charge on any atom is 0.322 e. The van der Waals surface area contributed by atoms with Gasteiger partial charge in [-0.1, -0.05) is 40.0 Å². The van der Waals surface area contributed by atoms with Crippen LogP contribution in [-0.2, 0) is 9.53 Å². The molecule has 106 valence electrons. The number of hydrogen-bond donors (Lipinski definition) is 1. The fraction of sp³-hybridized carbons (Fsp3) is 0.933. The molecular formula is C15H29NO2. The predicted octanol–water partition coefficient (Wildman–Crippen LogP) is 3.13. The first kappa shape index (κ1) is 15.5.